The second-order valence-corrected chi connectivity index (χ2v) is 6.23. The van der Waals surface area contributed by atoms with Gasteiger partial charge in [0.1, 0.15) is 0 Å². The summed E-state index contributed by atoms with van der Waals surface area (Å²) in [6.45, 7) is 2.30. The van der Waals surface area contributed by atoms with Crippen LogP contribution >= 0.6 is 15.9 Å². The van der Waals surface area contributed by atoms with Crippen molar-refractivity contribution in [3.63, 3.8) is 0 Å². The van der Waals surface area contributed by atoms with Crippen molar-refractivity contribution >= 4 is 27.3 Å². The molecule has 2 atom stereocenters. The Morgan fingerprint density at radius 3 is 2.84 bits per heavy atom. The molecule has 0 heterocycles. The van der Waals surface area contributed by atoms with Crippen LogP contribution in [0.3, 0.4) is 0 Å². The number of hydrogen-bond donors (Lipinski definition) is 1. The minimum Gasteiger partial charge on any atom is -0.382 e. The fourth-order valence-corrected chi connectivity index (χ4v) is 3.00. The standard InChI is InChI=1S/C14H19BrN2O2/c1-10-3-2-4-11(6-5-10)16-12-7-8-13(15)14(9-12)17(18)19/h7-11,16H,2-6H2,1H3. The molecule has 4 nitrogen and oxygen atoms in total. The van der Waals surface area contributed by atoms with Gasteiger partial charge in [0.25, 0.3) is 5.69 Å². The van der Waals surface area contributed by atoms with E-state index in [4.69, 9.17) is 0 Å². The van der Waals surface area contributed by atoms with Gasteiger partial charge in [-0.1, -0.05) is 19.8 Å². The van der Waals surface area contributed by atoms with E-state index < -0.39 is 0 Å². The molecule has 1 aliphatic rings. The summed E-state index contributed by atoms with van der Waals surface area (Å²) in [4.78, 5) is 10.6. The Labute approximate surface area is 121 Å². The number of nitrogens with one attached hydrogen (secondary N) is 1. The smallest absolute Gasteiger partial charge is 0.285 e. The van der Waals surface area contributed by atoms with Crippen LogP contribution in [0.25, 0.3) is 0 Å². The second-order valence-electron chi connectivity index (χ2n) is 5.38. The molecule has 104 valence electrons. The monoisotopic (exact) mass is 326 g/mol. The maximum absolute atomic E-state index is 10.9. The van der Waals surface area contributed by atoms with Crippen LogP contribution < -0.4 is 5.32 Å². The van der Waals surface area contributed by atoms with E-state index in [1.54, 1.807) is 12.1 Å². The van der Waals surface area contributed by atoms with Crippen molar-refractivity contribution in [2.45, 2.75) is 45.1 Å². The fourth-order valence-electron chi connectivity index (χ4n) is 2.61. The molecule has 5 heteroatoms. The lowest BCUT2D eigenvalue weighted by Crippen LogP contribution is -2.18. The summed E-state index contributed by atoms with van der Waals surface area (Å²) in [5, 5.41) is 14.4. The van der Waals surface area contributed by atoms with Crippen LogP contribution in [0.1, 0.15) is 39.0 Å². The quantitative estimate of drug-likeness (QED) is 0.496. The second kappa shape index (κ2) is 6.37. The van der Waals surface area contributed by atoms with Gasteiger partial charge in [-0.25, -0.2) is 0 Å². The molecular formula is C14H19BrN2O2. The Morgan fingerprint density at radius 1 is 1.32 bits per heavy atom. The topological polar surface area (TPSA) is 55.2 Å². The minimum absolute atomic E-state index is 0.118. The number of nitro benzene ring substituents is 1. The average molecular weight is 327 g/mol. The molecule has 1 aromatic carbocycles. The van der Waals surface area contributed by atoms with Crippen LogP contribution in [0.15, 0.2) is 22.7 Å². The third-order valence-electron chi connectivity index (χ3n) is 3.77. The van der Waals surface area contributed by atoms with Gasteiger partial charge in [0, 0.05) is 17.8 Å². The van der Waals surface area contributed by atoms with E-state index in [9.17, 15) is 10.1 Å². The number of anilines is 1. The molecule has 0 spiro atoms. The van der Waals surface area contributed by atoms with E-state index in [1.165, 1.54) is 19.3 Å². The van der Waals surface area contributed by atoms with Gasteiger partial charge in [-0.05, 0) is 53.2 Å². The van der Waals surface area contributed by atoms with Gasteiger partial charge in [-0.3, -0.25) is 10.1 Å². The summed E-state index contributed by atoms with van der Waals surface area (Å²) in [6.07, 6.45) is 6.05. The molecule has 1 fully saturated rings. The zero-order valence-electron chi connectivity index (χ0n) is 11.1. The van der Waals surface area contributed by atoms with Gasteiger partial charge in [0.15, 0.2) is 0 Å². The van der Waals surface area contributed by atoms with Crippen LogP contribution in [-0.2, 0) is 0 Å². The normalized spacial score (nSPS) is 23.7. The Balaban J connectivity index is 2.06. The van der Waals surface area contributed by atoms with Crippen molar-refractivity contribution in [2.24, 2.45) is 5.92 Å². The molecule has 0 aliphatic heterocycles. The van der Waals surface area contributed by atoms with Gasteiger partial charge in [0.05, 0.1) is 9.40 Å². The van der Waals surface area contributed by atoms with Gasteiger partial charge < -0.3 is 5.32 Å². The van der Waals surface area contributed by atoms with Crippen molar-refractivity contribution in [3.8, 4) is 0 Å². The van der Waals surface area contributed by atoms with Gasteiger partial charge in [-0.2, -0.15) is 0 Å². The summed E-state index contributed by atoms with van der Waals surface area (Å²) in [5.74, 6) is 0.797. The number of hydrogen-bond acceptors (Lipinski definition) is 3. The van der Waals surface area contributed by atoms with E-state index in [-0.39, 0.29) is 10.6 Å². The molecule has 1 aromatic rings. The number of halogens is 1. The third kappa shape index (κ3) is 3.93. The summed E-state index contributed by atoms with van der Waals surface area (Å²) >= 11 is 3.21. The fraction of sp³-hybridized carbons (Fsp3) is 0.571. The van der Waals surface area contributed by atoms with Crippen LogP contribution in [-0.4, -0.2) is 11.0 Å². The molecular weight excluding hydrogens is 308 g/mol. The number of nitrogens with zero attached hydrogens (tertiary/aromatic N) is 1. The molecule has 1 aliphatic carbocycles. The van der Waals surface area contributed by atoms with Crippen molar-refractivity contribution in [1.29, 1.82) is 0 Å². The largest absolute Gasteiger partial charge is 0.382 e. The lowest BCUT2D eigenvalue weighted by atomic mass is 10.0. The summed E-state index contributed by atoms with van der Waals surface area (Å²) in [5.41, 5.74) is 0.960. The van der Waals surface area contributed by atoms with Crippen molar-refractivity contribution < 1.29 is 4.92 Å². The predicted molar refractivity (Wildman–Crippen MR) is 80.5 cm³/mol. The molecule has 0 bridgehead atoms. The van der Waals surface area contributed by atoms with E-state index >= 15 is 0 Å². The highest BCUT2D eigenvalue weighted by Gasteiger charge is 2.18. The SMILES string of the molecule is CC1CCCC(Nc2ccc(Br)c([N+](=O)[O-])c2)CC1. The maximum atomic E-state index is 10.9. The first-order valence-electron chi connectivity index (χ1n) is 6.76. The minimum atomic E-state index is -0.357. The highest BCUT2D eigenvalue weighted by molar-refractivity contribution is 9.10. The molecule has 2 rings (SSSR count). The number of benzene rings is 1. The summed E-state index contributed by atoms with van der Waals surface area (Å²) < 4.78 is 0.525. The summed E-state index contributed by atoms with van der Waals surface area (Å²) in [7, 11) is 0. The van der Waals surface area contributed by atoms with Crippen molar-refractivity contribution in [1.82, 2.24) is 0 Å². The van der Waals surface area contributed by atoms with Gasteiger partial charge >= 0.3 is 0 Å². The predicted octanol–water partition coefficient (Wildman–Crippen LogP) is 4.74. The van der Waals surface area contributed by atoms with Crippen LogP contribution in [0.4, 0.5) is 11.4 Å². The van der Waals surface area contributed by atoms with Crippen LogP contribution in [0.2, 0.25) is 0 Å². The Morgan fingerprint density at radius 2 is 2.11 bits per heavy atom. The first-order valence-corrected chi connectivity index (χ1v) is 7.56. The molecule has 0 amide bonds. The van der Waals surface area contributed by atoms with E-state index in [1.807, 2.05) is 6.07 Å². The molecule has 0 saturated heterocycles. The number of nitro groups is 1. The van der Waals surface area contributed by atoms with E-state index in [2.05, 4.69) is 28.2 Å². The van der Waals surface area contributed by atoms with E-state index in [0.717, 1.165) is 24.4 Å². The van der Waals surface area contributed by atoms with Crippen LogP contribution in [0, 0.1) is 16.0 Å². The number of rotatable bonds is 3. The summed E-state index contributed by atoms with van der Waals surface area (Å²) in [6, 6.07) is 5.68. The molecule has 1 N–H and O–H groups in total. The van der Waals surface area contributed by atoms with Gasteiger partial charge in [-0.15, -0.1) is 0 Å². The van der Waals surface area contributed by atoms with Crippen LogP contribution in [0.5, 0.6) is 0 Å². The lowest BCUT2D eigenvalue weighted by molar-refractivity contribution is -0.385. The zero-order valence-corrected chi connectivity index (χ0v) is 12.6. The first-order chi connectivity index (χ1) is 9.06. The van der Waals surface area contributed by atoms with Crippen molar-refractivity contribution in [2.75, 3.05) is 5.32 Å². The Hall–Kier alpha value is -1.10. The highest BCUT2D eigenvalue weighted by atomic mass is 79.9. The Kier molecular flexibility index (Phi) is 4.80. The average Bonchev–Trinajstić information content (AvgIpc) is 2.56. The highest BCUT2D eigenvalue weighted by Crippen LogP contribution is 2.30. The molecule has 0 radical (unpaired) electrons. The molecule has 19 heavy (non-hydrogen) atoms. The van der Waals surface area contributed by atoms with Crippen molar-refractivity contribution in [3.05, 3.63) is 32.8 Å². The lowest BCUT2D eigenvalue weighted by Gasteiger charge is -2.17. The third-order valence-corrected chi connectivity index (χ3v) is 4.44. The first kappa shape index (κ1) is 14.3. The molecule has 0 aromatic heterocycles. The Bertz CT molecular complexity index is 465. The van der Waals surface area contributed by atoms with E-state index in [0.29, 0.717) is 10.5 Å². The zero-order chi connectivity index (χ0) is 13.8. The molecule has 1 saturated carbocycles. The van der Waals surface area contributed by atoms with Gasteiger partial charge in [0.2, 0.25) is 0 Å². The molecule has 2 unspecified atom stereocenters. The maximum Gasteiger partial charge on any atom is 0.285 e.